The van der Waals surface area contributed by atoms with Gasteiger partial charge in [0.05, 0.1) is 6.61 Å². The van der Waals surface area contributed by atoms with Crippen LogP contribution in [0.1, 0.15) is 19.4 Å². The summed E-state index contributed by atoms with van der Waals surface area (Å²) >= 11 is 3.31. The van der Waals surface area contributed by atoms with Crippen molar-refractivity contribution in [1.29, 1.82) is 0 Å². The highest BCUT2D eigenvalue weighted by molar-refractivity contribution is 9.10. The number of imide groups is 2. The maximum Gasteiger partial charge on any atom is 0.413 e. The number of hydrogen-bond donors (Lipinski definition) is 2. The van der Waals surface area contributed by atoms with E-state index in [1.165, 1.54) is 0 Å². The Bertz CT molecular complexity index is 708. The predicted octanol–water partition coefficient (Wildman–Crippen LogP) is 1.49. The van der Waals surface area contributed by atoms with Gasteiger partial charge in [0, 0.05) is 4.47 Å². The zero-order valence-electron chi connectivity index (χ0n) is 13.1. The van der Waals surface area contributed by atoms with Crippen LogP contribution >= 0.6 is 15.9 Å². The molecule has 1 unspecified atom stereocenters. The van der Waals surface area contributed by atoms with Gasteiger partial charge < -0.3 is 10.1 Å². The summed E-state index contributed by atoms with van der Waals surface area (Å²) < 4.78 is 5.33. The monoisotopic (exact) mass is 397 g/mol. The predicted molar refractivity (Wildman–Crippen MR) is 86.9 cm³/mol. The Labute approximate surface area is 146 Å². The summed E-state index contributed by atoms with van der Waals surface area (Å²) in [4.78, 5) is 48.5. The first kappa shape index (κ1) is 17.9. The number of nitrogens with zero attached hydrogens (tertiary/aromatic N) is 1. The third-order valence-electron chi connectivity index (χ3n) is 3.50. The normalized spacial score (nSPS) is 19.9. The smallest absolute Gasteiger partial charge is 0.413 e. The molecule has 0 radical (unpaired) electrons. The zero-order chi connectivity index (χ0) is 17.9. The molecule has 0 aromatic heterocycles. The van der Waals surface area contributed by atoms with E-state index < -0.39 is 36.0 Å². The summed E-state index contributed by atoms with van der Waals surface area (Å²) in [5.41, 5.74) is -0.714. The number of urea groups is 1. The Balaban J connectivity index is 2.14. The SMILES string of the molecule is CCOC(=O)NC(=O)CN1C(=O)NC(C)(c2cccc(Br)c2)C1=O. The molecule has 0 saturated carbocycles. The lowest BCUT2D eigenvalue weighted by Gasteiger charge is -2.22. The number of alkyl carbamates (subject to hydrolysis) is 1. The molecule has 9 heteroatoms. The van der Waals surface area contributed by atoms with Crippen LogP contribution in [0.3, 0.4) is 0 Å². The number of carbonyl (C=O) groups is 4. The summed E-state index contributed by atoms with van der Waals surface area (Å²) in [7, 11) is 0. The molecule has 1 atom stereocenters. The van der Waals surface area contributed by atoms with E-state index in [1.807, 2.05) is 5.32 Å². The highest BCUT2D eigenvalue weighted by Crippen LogP contribution is 2.30. The first-order chi connectivity index (χ1) is 11.3. The quantitative estimate of drug-likeness (QED) is 0.748. The number of ether oxygens (including phenoxy) is 1. The summed E-state index contributed by atoms with van der Waals surface area (Å²) in [6.45, 7) is 2.67. The van der Waals surface area contributed by atoms with Gasteiger partial charge in [-0.3, -0.25) is 19.8 Å². The second-order valence-corrected chi connectivity index (χ2v) is 6.14. The first-order valence-electron chi connectivity index (χ1n) is 7.14. The van der Waals surface area contributed by atoms with Crippen molar-refractivity contribution in [2.45, 2.75) is 19.4 Å². The van der Waals surface area contributed by atoms with Gasteiger partial charge in [0.1, 0.15) is 12.1 Å². The van der Waals surface area contributed by atoms with E-state index in [4.69, 9.17) is 0 Å². The second-order valence-electron chi connectivity index (χ2n) is 5.23. The number of carbonyl (C=O) groups excluding carboxylic acids is 4. The van der Waals surface area contributed by atoms with Gasteiger partial charge in [-0.05, 0) is 31.5 Å². The van der Waals surface area contributed by atoms with Gasteiger partial charge in [-0.15, -0.1) is 0 Å². The average molecular weight is 398 g/mol. The Morgan fingerprint density at radius 1 is 1.38 bits per heavy atom. The molecule has 128 valence electrons. The molecule has 2 rings (SSSR count). The molecule has 2 N–H and O–H groups in total. The number of halogens is 1. The molecule has 24 heavy (non-hydrogen) atoms. The Morgan fingerprint density at radius 2 is 2.08 bits per heavy atom. The van der Waals surface area contributed by atoms with Crippen LogP contribution in [0.4, 0.5) is 9.59 Å². The van der Waals surface area contributed by atoms with Gasteiger partial charge >= 0.3 is 12.1 Å². The minimum atomic E-state index is -1.29. The van der Waals surface area contributed by atoms with Gasteiger partial charge in [-0.2, -0.15) is 0 Å². The van der Waals surface area contributed by atoms with Crippen LogP contribution in [0, 0.1) is 0 Å². The van der Waals surface area contributed by atoms with Crippen LogP contribution in [0.2, 0.25) is 0 Å². The Morgan fingerprint density at radius 3 is 2.71 bits per heavy atom. The van der Waals surface area contributed by atoms with Crippen molar-refractivity contribution >= 4 is 39.9 Å². The second kappa shape index (κ2) is 7.00. The van der Waals surface area contributed by atoms with Crippen molar-refractivity contribution in [1.82, 2.24) is 15.5 Å². The summed E-state index contributed by atoms with van der Waals surface area (Å²) in [5, 5.41) is 4.52. The van der Waals surface area contributed by atoms with Crippen LogP contribution in [-0.2, 0) is 19.9 Å². The van der Waals surface area contributed by atoms with E-state index in [1.54, 1.807) is 38.1 Å². The van der Waals surface area contributed by atoms with Crippen molar-refractivity contribution in [3.05, 3.63) is 34.3 Å². The van der Waals surface area contributed by atoms with Crippen LogP contribution in [0.5, 0.6) is 0 Å². The average Bonchev–Trinajstić information content (AvgIpc) is 2.72. The van der Waals surface area contributed by atoms with E-state index in [0.29, 0.717) is 5.56 Å². The molecule has 1 aliphatic heterocycles. The van der Waals surface area contributed by atoms with E-state index in [0.717, 1.165) is 9.37 Å². The van der Waals surface area contributed by atoms with Crippen molar-refractivity contribution in [2.75, 3.05) is 13.2 Å². The molecule has 1 fully saturated rings. The van der Waals surface area contributed by atoms with Crippen molar-refractivity contribution < 1.29 is 23.9 Å². The summed E-state index contributed by atoms with van der Waals surface area (Å²) in [6, 6.07) is 6.23. The maximum atomic E-state index is 12.6. The Hall–Kier alpha value is -2.42. The molecule has 1 heterocycles. The van der Waals surface area contributed by atoms with E-state index in [-0.39, 0.29) is 6.61 Å². The highest BCUT2D eigenvalue weighted by atomic mass is 79.9. The molecule has 1 saturated heterocycles. The van der Waals surface area contributed by atoms with E-state index in [2.05, 4.69) is 26.0 Å². The van der Waals surface area contributed by atoms with Crippen LogP contribution in [-0.4, -0.2) is 42.0 Å². The number of benzene rings is 1. The summed E-state index contributed by atoms with van der Waals surface area (Å²) in [5.74, 6) is -1.39. The molecule has 5 amide bonds. The third kappa shape index (κ3) is 3.56. The lowest BCUT2D eigenvalue weighted by Crippen LogP contribution is -2.44. The number of rotatable bonds is 4. The fourth-order valence-corrected chi connectivity index (χ4v) is 2.70. The van der Waals surface area contributed by atoms with Crippen molar-refractivity contribution in [3.8, 4) is 0 Å². The van der Waals surface area contributed by atoms with Crippen LogP contribution < -0.4 is 10.6 Å². The molecular formula is C15H16BrN3O5. The van der Waals surface area contributed by atoms with Crippen molar-refractivity contribution in [2.24, 2.45) is 0 Å². The largest absolute Gasteiger partial charge is 0.450 e. The molecule has 1 aromatic rings. The fourth-order valence-electron chi connectivity index (χ4n) is 2.30. The molecule has 8 nitrogen and oxygen atoms in total. The molecule has 0 aliphatic carbocycles. The van der Waals surface area contributed by atoms with Crippen LogP contribution in [0.15, 0.2) is 28.7 Å². The molecule has 0 spiro atoms. The first-order valence-corrected chi connectivity index (χ1v) is 7.94. The summed E-state index contributed by atoms with van der Waals surface area (Å²) in [6.07, 6.45) is -0.927. The lowest BCUT2D eigenvalue weighted by atomic mass is 9.92. The van der Waals surface area contributed by atoms with E-state index in [9.17, 15) is 19.2 Å². The molecular weight excluding hydrogens is 382 g/mol. The molecule has 1 aromatic carbocycles. The highest BCUT2D eigenvalue weighted by Gasteiger charge is 2.49. The molecule has 1 aliphatic rings. The van der Waals surface area contributed by atoms with Gasteiger partial charge in [0.15, 0.2) is 0 Å². The standard InChI is InChI=1S/C15H16BrN3O5/c1-3-24-14(23)17-11(20)8-19-12(21)15(2,18-13(19)22)9-5-4-6-10(16)7-9/h4-7H,3,8H2,1-2H3,(H,18,22)(H,17,20,23). The van der Waals surface area contributed by atoms with Gasteiger partial charge in [-0.25, -0.2) is 9.59 Å². The topological polar surface area (TPSA) is 105 Å². The number of amides is 5. The maximum absolute atomic E-state index is 12.6. The third-order valence-corrected chi connectivity index (χ3v) is 3.99. The van der Waals surface area contributed by atoms with Crippen molar-refractivity contribution in [3.63, 3.8) is 0 Å². The minimum Gasteiger partial charge on any atom is -0.450 e. The lowest BCUT2D eigenvalue weighted by molar-refractivity contribution is -0.134. The fraction of sp³-hybridized carbons (Fsp3) is 0.333. The van der Waals surface area contributed by atoms with Gasteiger partial charge in [0.25, 0.3) is 5.91 Å². The number of nitrogens with one attached hydrogen (secondary N) is 2. The van der Waals surface area contributed by atoms with Crippen LogP contribution in [0.25, 0.3) is 0 Å². The van der Waals surface area contributed by atoms with E-state index >= 15 is 0 Å². The molecule has 0 bridgehead atoms. The van der Waals surface area contributed by atoms with Gasteiger partial charge in [0.2, 0.25) is 5.91 Å². The Kier molecular flexibility index (Phi) is 5.23. The zero-order valence-corrected chi connectivity index (χ0v) is 14.7. The number of hydrogen-bond acceptors (Lipinski definition) is 5. The van der Waals surface area contributed by atoms with Gasteiger partial charge in [-0.1, -0.05) is 28.1 Å². The minimum absolute atomic E-state index is 0.100.